The Balaban J connectivity index is 1.63. The van der Waals surface area contributed by atoms with Gasteiger partial charge in [-0.3, -0.25) is 14.6 Å². The summed E-state index contributed by atoms with van der Waals surface area (Å²) in [6, 6.07) is 3.84. The minimum atomic E-state index is -0.247. The molecule has 2 aromatic heterocycles. The van der Waals surface area contributed by atoms with E-state index in [9.17, 15) is 4.79 Å². The Kier molecular flexibility index (Phi) is 4.47. The number of hydrogen-bond donors (Lipinski definition) is 2. The molecule has 1 aliphatic rings. The van der Waals surface area contributed by atoms with Gasteiger partial charge in [0.1, 0.15) is 0 Å². The van der Waals surface area contributed by atoms with Gasteiger partial charge in [0, 0.05) is 37.0 Å². The minimum Gasteiger partial charge on any atom is -0.381 e. The number of nitrogens with one attached hydrogen (secondary N) is 2. The molecule has 1 saturated carbocycles. The molecular formula is C16H23N5O2. The third-order valence-corrected chi connectivity index (χ3v) is 4.37. The number of hydrogen-bond acceptors (Lipinski definition) is 4. The van der Waals surface area contributed by atoms with Crippen LogP contribution in [-0.4, -0.2) is 39.1 Å². The maximum absolute atomic E-state index is 12.2. The molecule has 2 atom stereocenters. The number of methoxy groups -OCH3 is 1. The van der Waals surface area contributed by atoms with E-state index in [1.54, 1.807) is 24.1 Å². The summed E-state index contributed by atoms with van der Waals surface area (Å²) < 4.78 is 7.16. The van der Waals surface area contributed by atoms with Crippen LogP contribution in [0.2, 0.25) is 0 Å². The molecule has 1 aliphatic carbocycles. The number of H-pyrrole nitrogens is 1. The Morgan fingerprint density at radius 3 is 2.96 bits per heavy atom. The van der Waals surface area contributed by atoms with Crippen molar-refractivity contribution in [3.8, 4) is 0 Å². The van der Waals surface area contributed by atoms with Crippen LogP contribution in [0.1, 0.15) is 61.3 Å². The number of amides is 1. The highest BCUT2D eigenvalue weighted by atomic mass is 16.5. The maximum atomic E-state index is 12.2. The van der Waals surface area contributed by atoms with Crippen LogP contribution in [-0.2, 0) is 4.74 Å². The van der Waals surface area contributed by atoms with Crippen molar-refractivity contribution in [3.63, 3.8) is 0 Å². The number of carbonyl (C=O) groups is 1. The second-order valence-electron chi connectivity index (χ2n) is 6.31. The van der Waals surface area contributed by atoms with Gasteiger partial charge in [-0.1, -0.05) is 0 Å². The summed E-state index contributed by atoms with van der Waals surface area (Å²) >= 11 is 0. The van der Waals surface area contributed by atoms with Crippen molar-refractivity contribution in [2.75, 3.05) is 12.4 Å². The molecule has 0 aromatic carbocycles. The summed E-state index contributed by atoms with van der Waals surface area (Å²) in [4.78, 5) is 12.2. The van der Waals surface area contributed by atoms with Gasteiger partial charge in [0.05, 0.1) is 6.10 Å². The summed E-state index contributed by atoms with van der Waals surface area (Å²) in [6.45, 7) is 4.03. The Morgan fingerprint density at radius 1 is 1.48 bits per heavy atom. The Hall–Kier alpha value is -2.15. The lowest BCUT2D eigenvalue weighted by atomic mass is 10.0. The fourth-order valence-corrected chi connectivity index (χ4v) is 2.97. The van der Waals surface area contributed by atoms with E-state index in [2.05, 4.69) is 20.6 Å². The smallest absolute Gasteiger partial charge is 0.277 e. The van der Waals surface area contributed by atoms with Gasteiger partial charge in [-0.05, 0) is 39.2 Å². The molecule has 2 heterocycles. The van der Waals surface area contributed by atoms with E-state index in [1.165, 1.54) is 0 Å². The van der Waals surface area contributed by atoms with E-state index in [1.807, 2.05) is 19.9 Å². The van der Waals surface area contributed by atoms with E-state index >= 15 is 0 Å². The predicted octanol–water partition coefficient (Wildman–Crippen LogP) is 2.72. The number of carbonyl (C=O) groups excluding carboxylic acids is 1. The largest absolute Gasteiger partial charge is 0.381 e. The van der Waals surface area contributed by atoms with Crippen molar-refractivity contribution >= 4 is 11.7 Å². The Morgan fingerprint density at radius 2 is 2.30 bits per heavy atom. The highest BCUT2D eigenvalue weighted by molar-refractivity contribution is 6.02. The SMILES string of the molecule is COC1CCC(c2cc(NC(=O)c3ccn(C(C)C)n3)n[nH]2)C1. The normalized spacial score (nSPS) is 21.0. The molecule has 1 amide bonds. The number of nitrogens with zero attached hydrogens (tertiary/aromatic N) is 3. The van der Waals surface area contributed by atoms with Crippen molar-refractivity contribution in [3.05, 3.63) is 29.7 Å². The molecule has 3 rings (SSSR count). The highest BCUT2D eigenvalue weighted by Crippen LogP contribution is 2.35. The molecule has 0 bridgehead atoms. The quantitative estimate of drug-likeness (QED) is 0.888. The van der Waals surface area contributed by atoms with Crippen LogP contribution in [0.4, 0.5) is 5.82 Å². The average Bonchev–Trinajstić information content (AvgIpc) is 3.26. The monoisotopic (exact) mass is 317 g/mol. The average molecular weight is 317 g/mol. The van der Waals surface area contributed by atoms with Crippen molar-refractivity contribution in [2.24, 2.45) is 0 Å². The Bertz CT molecular complexity index is 676. The van der Waals surface area contributed by atoms with E-state index in [-0.39, 0.29) is 11.9 Å². The summed E-state index contributed by atoms with van der Waals surface area (Å²) in [7, 11) is 1.75. The van der Waals surface area contributed by atoms with Gasteiger partial charge in [-0.2, -0.15) is 10.2 Å². The lowest BCUT2D eigenvalue weighted by Crippen LogP contribution is -2.14. The molecular weight excluding hydrogens is 294 g/mol. The first-order valence-electron chi connectivity index (χ1n) is 8.01. The molecule has 0 spiro atoms. The van der Waals surface area contributed by atoms with Gasteiger partial charge in [-0.25, -0.2) is 0 Å². The number of aromatic nitrogens is 4. The van der Waals surface area contributed by atoms with Gasteiger partial charge in [-0.15, -0.1) is 0 Å². The molecule has 124 valence electrons. The van der Waals surface area contributed by atoms with Gasteiger partial charge >= 0.3 is 0 Å². The second-order valence-corrected chi connectivity index (χ2v) is 6.31. The summed E-state index contributed by atoms with van der Waals surface area (Å²) in [5.41, 5.74) is 1.44. The summed E-state index contributed by atoms with van der Waals surface area (Å²) in [5.74, 6) is 0.701. The van der Waals surface area contributed by atoms with Crippen LogP contribution in [0.25, 0.3) is 0 Å². The van der Waals surface area contributed by atoms with Crippen LogP contribution < -0.4 is 5.32 Å². The first-order valence-corrected chi connectivity index (χ1v) is 8.01. The van der Waals surface area contributed by atoms with Crippen LogP contribution in [0.5, 0.6) is 0 Å². The third-order valence-electron chi connectivity index (χ3n) is 4.37. The summed E-state index contributed by atoms with van der Waals surface area (Å²) in [5, 5.41) is 14.3. The molecule has 7 nitrogen and oxygen atoms in total. The van der Waals surface area contributed by atoms with Gasteiger partial charge < -0.3 is 10.1 Å². The van der Waals surface area contributed by atoms with Crippen molar-refractivity contribution < 1.29 is 9.53 Å². The zero-order chi connectivity index (χ0) is 16.4. The molecule has 2 unspecified atom stereocenters. The fourth-order valence-electron chi connectivity index (χ4n) is 2.97. The van der Waals surface area contributed by atoms with E-state index in [0.29, 0.717) is 23.5 Å². The molecule has 0 radical (unpaired) electrons. The molecule has 1 fully saturated rings. The first-order chi connectivity index (χ1) is 11.1. The van der Waals surface area contributed by atoms with Crippen molar-refractivity contribution in [2.45, 2.75) is 51.2 Å². The predicted molar refractivity (Wildman–Crippen MR) is 86.5 cm³/mol. The molecule has 2 aromatic rings. The van der Waals surface area contributed by atoms with E-state index in [4.69, 9.17) is 4.74 Å². The van der Waals surface area contributed by atoms with Crippen LogP contribution in [0.3, 0.4) is 0 Å². The third kappa shape index (κ3) is 3.44. The second kappa shape index (κ2) is 6.54. The number of rotatable bonds is 5. The number of anilines is 1. The van der Waals surface area contributed by atoms with Crippen LogP contribution in [0, 0.1) is 0 Å². The molecule has 7 heteroatoms. The molecule has 2 N–H and O–H groups in total. The highest BCUT2D eigenvalue weighted by Gasteiger charge is 2.27. The Labute approximate surface area is 135 Å². The number of aromatic amines is 1. The zero-order valence-electron chi connectivity index (χ0n) is 13.7. The van der Waals surface area contributed by atoms with Crippen molar-refractivity contribution in [1.82, 2.24) is 20.0 Å². The van der Waals surface area contributed by atoms with E-state index < -0.39 is 0 Å². The van der Waals surface area contributed by atoms with Gasteiger partial charge in [0.15, 0.2) is 11.5 Å². The lowest BCUT2D eigenvalue weighted by molar-refractivity contribution is 0.102. The molecule has 0 aliphatic heterocycles. The maximum Gasteiger partial charge on any atom is 0.277 e. The van der Waals surface area contributed by atoms with Crippen LogP contribution in [0.15, 0.2) is 18.3 Å². The van der Waals surface area contributed by atoms with Gasteiger partial charge in [0.2, 0.25) is 0 Å². The lowest BCUT2D eigenvalue weighted by Gasteiger charge is -2.07. The molecule has 0 saturated heterocycles. The topological polar surface area (TPSA) is 84.8 Å². The van der Waals surface area contributed by atoms with E-state index in [0.717, 1.165) is 25.0 Å². The fraction of sp³-hybridized carbons (Fsp3) is 0.562. The number of ether oxygens (including phenoxy) is 1. The minimum absolute atomic E-state index is 0.227. The zero-order valence-corrected chi connectivity index (χ0v) is 13.7. The van der Waals surface area contributed by atoms with Crippen molar-refractivity contribution in [1.29, 1.82) is 0 Å². The first kappa shape index (κ1) is 15.7. The molecule has 23 heavy (non-hydrogen) atoms. The summed E-state index contributed by atoms with van der Waals surface area (Å²) in [6.07, 6.45) is 5.26. The van der Waals surface area contributed by atoms with Crippen LogP contribution >= 0.6 is 0 Å². The van der Waals surface area contributed by atoms with Gasteiger partial charge in [0.25, 0.3) is 5.91 Å². The standard InChI is InChI=1S/C16H23N5O2/c1-10(2)21-7-6-13(20-21)16(22)17-15-9-14(18-19-15)11-4-5-12(8-11)23-3/h6-7,9-12H,4-5,8H2,1-3H3,(H2,17,18,19,22).